The molecule has 0 aliphatic heterocycles. The average molecular weight is 431 g/mol. The first-order chi connectivity index (χ1) is 15.3. The van der Waals surface area contributed by atoms with Crippen LogP contribution in [0.5, 0.6) is 0 Å². The smallest absolute Gasteiger partial charge is 0.269 e. The normalized spacial score (nSPS) is 10.8. The Balaban J connectivity index is 1.86. The van der Waals surface area contributed by atoms with Gasteiger partial charge in [-0.3, -0.25) is 35.1 Å². The molecule has 3 aromatic rings. The number of aliphatic imine (C=N–C) groups is 1. The minimum atomic E-state index is -0.638. The molecule has 3 rings (SSSR count). The number of nitro groups is 1. The zero-order valence-electron chi connectivity index (χ0n) is 16.5. The Morgan fingerprint density at radius 2 is 1.25 bits per heavy atom. The van der Waals surface area contributed by atoms with Gasteiger partial charge in [0.25, 0.3) is 17.5 Å². The van der Waals surface area contributed by atoms with Crippen molar-refractivity contribution >= 4 is 35.1 Å². The summed E-state index contributed by atoms with van der Waals surface area (Å²) in [6, 6.07) is 19.1. The van der Waals surface area contributed by atoms with E-state index in [-0.39, 0.29) is 22.8 Å². The number of benzene rings is 3. The molecule has 3 aromatic carbocycles. The molecule has 4 N–H and O–H groups in total. The van der Waals surface area contributed by atoms with Crippen LogP contribution >= 0.6 is 0 Å². The van der Waals surface area contributed by atoms with Crippen molar-refractivity contribution in [2.24, 2.45) is 10.7 Å². The highest BCUT2D eigenvalue weighted by Gasteiger charge is 2.15. The van der Waals surface area contributed by atoms with Gasteiger partial charge in [-0.1, -0.05) is 18.2 Å². The molecule has 0 radical (unpaired) electrons. The predicted octanol–water partition coefficient (Wildman–Crippen LogP) is 2.54. The number of primary amides is 1. The molecule has 0 saturated carbocycles. The number of carbonyl (C=O) groups excluding carboxylic acids is 3. The first kappa shape index (κ1) is 21.8. The number of amides is 3. The van der Waals surface area contributed by atoms with E-state index in [1.165, 1.54) is 48.5 Å². The Bertz CT molecular complexity index is 1190. The Morgan fingerprint density at radius 1 is 0.750 bits per heavy atom. The lowest BCUT2D eigenvalue weighted by molar-refractivity contribution is -0.384. The average Bonchev–Trinajstić information content (AvgIpc) is 2.80. The number of hydrogen-bond acceptors (Lipinski definition) is 6. The summed E-state index contributed by atoms with van der Waals surface area (Å²) in [5.41, 5.74) is 6.13. The molecule has 3 amide bonds. The van der Waals surface area contributed by atoms with Gasteiger partial charge in [0.1, 0.15) is 0 Å². The summed E-state index contributed by atoms with van der Waals surface area (Å²) in [4.78, 5) is 50.8. The lowest BCUT2D eigenvalue weighted by Crippen LogP contribution is -2.43. The maximum Gasteiger partial charge on any atom is 0.269 e. The van der Waals surface area contributed by atoms with Crippen LogP contribution in [0.25, 0.3) is 0 Å². The number of carbonyl (C=O) groups is 3. The number of nitrogens with two attached hydrogens (primary N) is 1. The second-order valence-electron chi connectivity index (χ2n) is 6.45. The zero-order chi connectivity index (χ0) is 23.1. The van der Waals surface area contributed by atoms with Crippen LogP contribution in [0.4, 0.5) is 11.4 Å². The second-order valence-corrected chi connectivity index (χ2v) is 6.45. The van der Waals surface area contributed by atoms with Crippen molar-refractivity contribution < 1.29 is 19.3 Å². The number of rotatable bonds is 5. The molecule has 0 saturated heterocycles. The topological polar surface area (TPSA) is 157 Å². The van der Waals surface area contributed by atoms with Crippen molar-refractivity contribution in [1.82, 2.24) is 10.6 Å². The van der Waals surface area contributed by atoms with Crippen LogP contribution in [0.3, 0.4) is 0 Å². The highest BCUT2D eigenvalue weighted by atomic mass is 16.6. The van der Waals surface area contributed by atoms with Crippen molar-refractivity contribution in [3.63, 3.8) is 0 Å². The number of nitro benzene ring substituents is 1. The standard InChI is InChI=1S/C22H17N5O5/c23-19(28)14-6-10-17(11-7-14)24-22(25-20(29)15-4-2-1-3-5-15)26-21(30)16-8-12-18(13-9-16)27(31)32/h1-13H,(H2,23,28)(H2,24,25,26,29,30). The van der Waals surface area contributed by atoms with Crippen LogP contribution in [0.2, 0.25) is 0 Å². The summed E-state index contributed by atoms with van der Waals surface area (Å²) < 4.78 is 0. The van der Waals surface area contributed by atoms with E-state index in [9.17, 15) is 24.5 Å². The molecule has 0 aliphatic carbocycles. The van der Waals surface area contributed by atoms with Crippen molar-refractivity contribution in [2.45, 2.75) is 0 Å². The molecule has 0 heterocycles. The van der Waals surface area contributed by atoms with E-state index in [4.69, 9.17) is 5.73 Å². The summed E-state index contributed by atoms with van der Waals surface area (Å²) in [5, 5.41) is 15.8. The molecule has 0 aromatic heterocycles. The first-order valence-corrected chi connectivity index (χ1v) is 9.24. The lowest BCUT2D eigenvalue weighted by Gasteiger charge is -2.11. The van der Waals surface area contributed by atoms with Crippen molar-refractivity contribution in [2.75, 3.05) is 0 Å². The van der Waals surface area contributed by atoms with Gasteiger partial charge in [0.15, 0.2) is 0 Å². The fourth-order valence-corrected chi connectivity index (χ4v) is 2.60. The van der Waals surface area contributed by atoms with E-state index >= 15 is 0 Å². The molecule has 10 nitrogen and oxygen atoms in total. The number of guanidine groups is 1. The van der Waals surface area contributed by atoms with E-state index in [1.54, 1.807) is 30.3 Å². The van der Waals surface area contributed by atoms with Crippen LogP contribution in [-0.2, 0) is 0 Å². The summed E-state index contributed by atoms with van der Waals surface area (Å²) in [6.45, 7) is 0. The molecule has 0 atom stereocenters. The van der Waals surface area contributed by atoms with E-state index in [2.05, 4.69) is 15.6 Å². The molecular formula is C22H17N5O5. The highest BCUT2D eigenvalue weighted by Crippen LogP contribution is 2.14. The molecule has 0 bridgehead atoms. The van der Waals surface area contributed by atoms with Crippen molar-refractivity contribution in [3.8, 4) is 0 Å². The van der Waals surface area contributed by atoms with Gasteiger partial charge in [0.2, 0.25) is 11.9 Å². The van der Waals surface area contributed by atoms with Gasteiger partial charge in [0.05, 0.1) is 10.6 Å². The molecular weight excluding hydrogens is 414 g/mol. The van der Waals surface area contributed by atoms with Crippen LogP contribution in [0.15, 0.2) is 83.9 Å². The summed E-state index contributed by atoms with van der Waals surface area (Å²) in [7, 11) is 0. The van der Waals surface area contributed by atoms with E-state index in [0.717, 1.165) is 0 Å². The minimum absolute atomic E-state index is 0.126. The van der Waals surface area contributed by atoms with Gasteiger partial charge >= 0.3 is 0 Å². The highest BCUT2D eigenvalue weighted by molar-refractivity contribution is 6.13. The van der Waals surface area contributed by atoms with Gasteiger partial charge < -0.3 is 5.73 Å². The molecule has 0 aliphatic rings. The number of hydrogen-bond donors (Lipinski definition) is 3. The molecule has 32 heavy (non-hydrogen) atoms. The minimum Gasteiger partial charge on any atom is -0.366 e. The van der Waals surface area contributed by atoms with Crippen molar-refractivity contribution in [3.05, 3.63) is 106 Å². The lowest BCUT2D eigenvalue weighted by atomic mass is 10.2. The van der Waals surface area contributed by atoms with Gasteiger partial charge in [-0.15, -0.1) is 0 Å². The van der Waals surface area contributed by atoms with Gasteiger partial charge in [-0.05, 0) is 48.5 Å². The molecule has 160 valence electrons. The van der Waals surface area contributed by atoms with Crippen LogP contribution in [-0.4, -0.2) is 28.6 Å². The summed E-state index contributed by atoms with van der Waals surface area (Å²) >= 11 is 0. The van der Waals surface area contributed by atoms with Crippen LogP contribution < -0.4 is 16.4 Å². The third kappa shape index (κ3) is 5.60. The summed E-state index contributed by atoms with van der Waals surface area (Å²) in [6.07, 6.45) is 0. The number of nitrogens with one attached hydrogen (secondary N) is 2. The fraction of sp³-hybridized carbons (Fsp3) is 0. The second kappa shape index (κ2) is 9.76. The zero-order valence-corrected chi connectivity index (χ0v) is 16.5. The SMILES string of the molecule is NC(=O)c1ccc(N=C(NC(=O)c2ccccc2)NC(=O)c2ccc([N+](=O)[O-])cc2)cc1. The maximum absolute atomic E-state index is 12.6. The molecule has 0 unspecified atom stereocenters. The molecule has 10 heteroatoms. The quantitative estimate of drug-likeness (QED) is 0.245. The Morgan fingerprint density at radius 3 is 1.75 bits per heavy atom. The monoisotopic (exact) mass is 431 g/mol. The molecule has 0 spiro atoms. The fourth-order valence-electron chi connectivity index (χ4n) is 2.60. The Hall–Kier alpha value is -4.86. The van der Waals surface area contributed by atoms with Gasteiger partial charge in [-0.2, -0.15) is 0 Å². The van der Waals surface area contributed by atoms with E-state index in [0.29, 0.717) is 11.3 Å². The third-order valence-corrected chi connectivity index (χ3v) is 4.23. The predicted molar refractivity (Wildman–Crippen MR) is 117 cm³/mol. The van der Waals surface area contributed by atoms with Gasteiger partial charge in [0, 0.05) is 28.8 Å². The first-order valence-electron chi connectivity index (χ1n) is 9.24. The molecule has 0 fully saturated rings. The Labute approximate surface area is 181 Å². The number of non-ortho nitro benzene ring substituents is 1. The largest absolute Gasteiger partial charge is 0.366 e. The Kier molecular flexibility index (Phi) is 6.66. The van der Waals surface area contributed by atoms with E-state index < -0.39 is 22.6 Å². The van der Waals surface area contributed by atoms with Gasteiger partial charge in [-0.25, -0.2) is 4.99 Å². The van der Waals surface area contributed by atoms with Crippen LogP contribution in [0.1, 0.15) is 31.1 Å². The van der Waals surface area contributed by atoms with Crippen molar-refractivity contribution in [1.29, 1.82) is 0 Å². The third-order valence-electron chi connectivity index (χ3n) is 4.23. The summed E-state index contributed by atoms with van der Waals surface area (Å²) in [5.74, 6) is -1.93. The maximum atomic E-state index is 12.6. The number of nitrogens with zero attached hydrogens (tertiary/aromatic N) is 2. The van der Waals surface area contributed by atoms with Crippen LogP contribution in [0, 0.1) is 10.1 Å². The van der Waals surface area contributed by atoms with E-state index in [1.807, 2.05) is 0 Å².